The van der Waals surface area contributed by atoms with Crippen LogP contribution in [0.1, 0.15) is 40.0 Å². The third-order valence-corrected chi connectivity index (χ3v) is 3.16. The Morgan fingerprint density at radius 1 is 1.40 bits per heavy atom. The Balaban J connectivity index is 2.28. The molecule has 1 fully saturated rings. The molecular weight excluding hydrogens is 307 g/mol. The fourth-order valence-corrected chi connectivity index (χ4v) is 2.26. The lowest BCUT2D eigenvalue weighted by atomic mass is 10.1. The summed E-state index contributed by atoms with van der Waals surface area (Å²) in [6, 6.07) is 0. The zero-order valence-corrected chi connectivity index (χ0v) is 11.7. The van der Waals surface area contributed by atoms with Crippen molar-refractivity contribution in [3.05, 3.63) is 0 Å². The second kappa shape index (κ2) is 5.48. The van der Waals surface area contributed by atoms with Crippen molar-refractivity contribution in [3.8, 4) is 0 Å². The summed E-state index contributed by atoms with van der Waals surface area (Å²) in [6.07, 6.45) is 2.84. The van der Waals surface area contributed by atoms with E-state index in [2.05, 4.69) is 22.6 Å². The summed E-state index contributed by atoms with van der Waals surface area (Å²) < 4.78 is 11.9. The molecule has 0 bridgehead atoms. The van der Waals surface area contributed by atoms with Crippen molar-refractivity contribution in [3.63, 3.8) is 0 Å². The van der Waals surface area contributed by atoms with E-state index in [1.54, 1.807) is 0 Å². The SMILES string of the molecule is CC(C)(C)OC(=O)C[C@H]1CC[C@@H](CI)O1. The first-order valence-electron chi connectivity index (χ1n) is 5.34. The number of carbonyl (C=O) groups excluding carboxylic acids is 1. The summed E-state index contributed by atoms with van der Waals surface area (Å²) in [5.41, 5.74) is -0.391. The predicted molar refractivity (Wildman–Crippen MR) is 67.2 cm³/mol. The number of esters is 1. The standard InChI is InChI=1S/C11H19IO3/c1-11(2,3)15-10(13)6-8-4-5-9(7-12)14-8/h8-9H,4-7H2,1-3H3/t8-,9+/m1/s1. The highest BCUT2D eigenvalue weighted by atomic mass is 127. The number of hydrogen-bond acceptors (Lipinski definition) is 3. The maximum atomic E-state index is 11.5. The van der Waals surface area contributed by atoms with Crippen molar-refractivity contribution < 1.29 is 14.3 Å². The van der Waals surface area contributed by atoms with Gasteiger partial charge in [0.2, 0.25) is 0 Å². The van der Waals surface area contributed by atoms with Gasteiger partial charge in [-0.2, -0.15) is 0 Å². The fourth-order valence-electron chi connectivity index (χ4n) is 1.61. The van der Waals surface area contributed by atoms with Gasteiger partial charge in [-0.3, -0.25) is 4.79 Å². The minimum Gasteiger partial charge on any atom is -0.460 e. The topological polar surface area (TPSA) is 35.5 Å². The van der Waals surface area contributed by atoms with E-state index in [-0.39, 0.29) is 12.1 Å². The molecule has 1 heterocycles. The molecule has 0 N–H and O–H groups in total. The summed E-state index contributed by atoms with van der Waals surface area (Å²) in [5, 5.41) is 0. The number of hydrogen-bond donors (Lipinski definition) is 0. The van der Waals surface area contributed by atoms with Gasteiger partial charge in [-0.05, 0) is 33.6 Å². The molecule has 3 nitrogen and oxygen atoms in total. The highest BCUT2D eigenvalue weighted by Gasteiger charge is 2.28. The quantitative estimate of drug-likeness (QED) is 0.454. The Bertz CT molecular complexity index is 222. The molecule has 0 amide bonds. The van der Waals surface area contributed by atoms with Crippen LogP contribution in [-0.4, -0.2) is 28.2 Å². The van der Waals surface area contributed by atoms with Gasteiger partial charge in [0.1, 0.15) is 5.60 Å². The molecule has 0 radical (unpaired) electrons. The van der Waals surface area contributed by atoms with Crippen LogP contribution in [0.5, 0.6) is 0 Å². The second-order valence-corrected chi connectivity index (χ2v) is 5.78. The fraction of sp³-hybridized carbons (Fsp3) is 0.909. The Kier molecular flexibility index (Phi) is 4.83. The molecule has 88 valence electrons. The van der Waals surface area contributed by atoms with Gasteiger partial charge in [0, 0.05) is 4.43 Å². The van der Waals surface area contributed by atoms with Gasteiger partial charge in [-0.25, -0.2) is 0 Å². The van der Waals surface area contributed by atoms with Crippen LogP contribution in [0.25, 0.3) is 0 Å². The largest absolute Gasteiger partial charge is 0.460 e. The van der Waals surface area contributed by atoms with Crippen LogP contribution >= 0.6 is 22.6 Å². The maximum Gasteiger partial charge on any atom is 0.308 e. The van der Waals surface area contributed by atoms with E-state index in [9.17, 15) is 4.79 Å². The third kappa shape index (κ3) is 5.15. The molecule has 0 aromatic heterocycles. The molecule has 0 aromatic carbocycles. The van der Waals surface area contributed by atoms with Gasteiger partial charge < -0.3 is 9.47 Å². The van der Waals surface area contributed by atoms with Crippen molar-refractivity contribution in [2.75, 3.05) is 4.43 Å². The van der Waals surface area contributed by atoms with Crippen LogP contribution in [0.3, 0.4) is 0 Å². The third-order valence-electron chi connectivity index (χ3n) is 2.18. The van der Waals surface area contributed by atoms with Gasteiger partial charge in [0.05, 0.1) is 18.6 Å². The molecule has 1 saturated heterocycles. The van der Waals surface area contributed by atoms with E-state index in [4.69, 9.17) is 9.47 Å². The molecule has 0 unspecified atom stereocenters. The molecule has 1 aliphatic rings. The number of alkyl halides is 1. The Hall–Kier alpha value is 0.160. The molecular formula is C11H19IO3. The smallest absolute Gasteiger partial charge is 0.308 e. The monoisotopic (exact) mass is 326 g/mol. The molecule has 0 aromatic rings. The first-order valence-corrected chi connectivity index (χ1v) is 6.86. The van der Waals surface area contributed by atoms with Gasteiger partial charge >= 0.3 is 5.97 Å². The Morgan fingerprint density at radius 2 is 2.00 bits per heavy atom. The minimum absolute atomic E-state index is 0.0691. The van der Waals surface area contributed by atoms with Crippen molar-refractivity contribution in [1.82, 2.24) is 0 Å². The van der Waals surface area contributed by atoms with E-state index >= 15 is 0 Å². The molecule has 1 rings (SSSR count). The van der Waals surface area contributed by atoms with Gasteiger partial charge in [-0.1, -0.05) is 22.6 Å². The molecule has 15 heavy (non-hydrogen) atoms. The van der Waals surface area contributed by atoms with Gasteiger partial charge in [-0.15, -0.1) is 0 Å². The Morgan fingerprint density at radius 3 is 2.47 bits per heavy atom. The van der Waals surface area contributed by atoms with Gasteiger partial charge in [0.15, 0.2) is 0 Å². The zero-order chi connectivity index (χ0) is 11.5. The number of ether oxygens (including phenoxy) is 2. The molecule has 2 atom stereocenters. The highest BCUT2D eigenvalue weighted by molar-refractivity contribution is 14.1. The Labute approximate surface area is 105 Å². The van der Waals surface area contributed by atoms with Crippen molar-refractivity contribution >= 4 is 28.6 Å². The molecule has 1 aliphatic heterocycles. The lowest BCUT2D eigenvalue weighted by Crippen LogP contribution is -2.26. The van der Waals surface area contributed by atoms with Crippen LogP contribution in [-0.2, 0) is 14.3 Å². The van der Waals surface area contributed by atoms with Crippen LogP contribution < -0.4 is 0 Å². The predicted octanol–water partition coefficient (Wildman–Crippen LogP) is 2.70. The van der Waals surface area contributed by atoms with E-state index in [1.807, 2.05) is 20.8 Å². The molecule has 0 spiro atoms. The molecule has 4 heteroatoms. The first-order chi connectivity index (χ1) is 6.90. The number of rotatable bonds is 3. The minimum atomic E-state index is -0.391. The van der Waals surface area contributed by atoms with Crippen molar-refractivity contribution in [1.29, 1.82) is 0 Å². The van der Waals surface area contributed by atoms with E-state index in [0.717, 1.165) is 17.3 Å². The van der Waals surface area contributed by atoms with E-state index in [1.165, 1.54) is 0 Å². The normalized spacial score (nSPS) is 26.7. The highest BCUT2D eigenvalue weighted by Crippen LogP contribution is 2.24. The van der Waals surface area contributed by atoms with Crippen LogP contribution in [0, 0.1) is 0 Å². The number of halogens is 1. The summed E-state index contributed by atoms with van der Waals surface area (Å²) in [4.78, 5) is 11.5. The molecule has 0 saturated carbocycles. The van der Waals surface area contributed by atoms with Crippen LogP contribution in [0.15, 0.2) is 0 Å². The van der Waals surface area contributed by atoms with E-state index < -0.39 is 5.60 Å². The molecule has 0 aliphatic carbocycles. The van der Waals surface area contributed by atoms with Gasteiger partial charge in [0.25, 0.3) is 0 Å². The second-order valence-electron chi connectivity index (χ2n) is 4.90. The maximum absolute atomic E-state index is 11.5. The van der Waals surface area contributed by atoms with Crippen molar-refractivity contribution in [2.45, 2.75) is 57.8 Å². The number of carbonyl (C=O) groups is 1. The first kappa shape index (κ1) is 13.2. The van der Waals surface area contributed by atoms with E-state index in [0.29, 0.717) is 12.5 Å². The van der Waals surface area contributed by atoms with Crippen molar-refractivity contribution in [2.24, 2.45) is 0 Å². The average molecular weight is 326 g/mol. The average Bonchev–Trinajstić information content (AvgIpc) is 2.48. The summed E-state index contributed by atoms with van der Waals surface area (Å²) in [7, 11) is 0. The lowest BCUT2D eigenvalue weighted by Gasteiger charge is -2.20. The van der Waals surface area contributed by atoms with Crippen LogP contribution in [0.4, 0.5) is 0 Å². The summed E-state index contributed by atoms with van der Waals surface area (Å²) in [5.74, 6) is -0.151. The summed E-state index contributed by atoms with van der Waals surface area (Å²) >= 11 is 2.31. The summed E-state index contributed by atoms with van der Waals surface area (Å²) in [6.45, 7) is 5.65. The van der Waals surface area contributed by atoms with Crippen LogP contribution in [0.2, 0.25) is 0 Å². The zero-order valence-electron chi connectivity index (χ0n) is 9.59. The lowest BCUT2D eigenvalue weighted by molar-refractivity contribution is -0.157.